The van der Waals surface area contributed by atoms with Crippen molar-refractivity contribution in [1.29, 1.82) is 0 Å². The van der Waals surface area contributed by atoms with E-state index < -0.39 is 36.1 Å². The van der Waals surface area contributed by atoms with Gasteiger partial charge in [-0.15, -0.1) is 0 Å². The smallest absolute Gasteiger partial charge is 0.244 e. The summed E-state index contributed by atoms with van der Waals surface area (Å²) in [5.74, 6) is -1.50. The molecule has 0 aliphatic carbocycles. The maximum Gasteiger partial charge on any atom is 0.244 e. The molecule has 14 heteroatoms. The van der Waals surface area contributed by atoms with Crippen LogP contribution in [0.25, 0.3) is 0 Å². The minimum atomic E-state index is -0.930. The number of nitrogens with one attached hydrogen (secondary N) is 4. The van der Waals surface area contributed by atoms with Crippen molar-refractivity contribution in [1.82, 2.24) is 21.3 Å². The van der Waals surface area contributed by atoms with Gasteiger partial charge < -0.3 is 54.4 Å². The fraction of sp³-hybridized carbons (Fsp3) is 0.636. The molecule has 0 unspecified atom stereocenters. The molecule has 0 bridgehead atoms. The highest BCUT2D eigenvalue weighted by molar-refractivity contribution is 5.89. The Morgan fingerprint density at radius 1 is 0.667 bits per heavy atom. The molecule has 0 fully saturated rings. The fourth-order valence-electron chi connectivity index (χ4n) is 2.92. The van der Waals surface area contributed by atoms with Crippen LogP contribution >= 0.6 is 0 Å². The molecule has 4 amide bonds. The normalized spacial score (nSPS) is 14.7. The largest absolute Gasteiger partial charge is 0.391 e. The number of amides is 4. The highest BCUT2D eigenvalue weighted by Gasteiger charge is 2.15. The second kappa shape index (κ2) is 20.3. The van der Waals surface area contributed by atoms with Gasteiger partial charge in [-0.3, -0.25) is 19.2 Å². The van der Waals surface area contributed by atoms with Gasteiger partial charge in [-0.05, 0) is 12.8 Å². The van der Waals surface area contributed by atoms with E-state index in [1.807, 2.05) is 0 Å². The lowest BCUT2D eigenvalue weighted by molar-refractivity contribution is -0.122. The number of hydrogen-bond acceptors (Lipinski definition) is 10. The monoisotopic (exact) mass is 514 g/mol. The van der Waals surface area contributed by atoms with E-state index in [4.69, 9.17) is 22.9 Å². The molecule has 36 heavy (non-hydrogen) atoms. The van der Waals surface area contributed by atoms with Crippen LogP contribution in [0, 0.1) is 0 Å². The zero-order valence-corrected chi connectivity index (χ0v) is 20.5. The second-order valence-corrected chi connectivity index (χ2v) is 8.19. The average Bonchev–Trinajstić information content (AvgIpc) is 2.81. The molecular weight excluding hydrogens is 472 g/mol. The van der Waals surface area contributed by atoms with E-state index in [2.05, 4.69) is 21.3 Å². The average molecular weight is 515 g/mol. The van der Waals surface area contributed by atoms with Crippen molar-refractivity contribution in [3.05, 3.63) is 24.3 Å². The van der Waals surface area contributed by atoms with Crippen molar-refractivity contribution in [2.75, 3.05) is 39.3 Å². The predicted molar refractivity (Wildman–Crippen MR) is 135 cm³/mol. The Balaban J connectivity index is 4.12. The Hall–Kier alpha value is -2.88. The third-order valence-corrected chi connectivity index (χ3v) is 4.61. The van der Waals surface area contributed by atoms with Crippen LogP contribution in [0.15, 0.2) is 24.3 Å². The molecule has 0 heterocycles. The van der Waals surface area contributed by atoms with E-state index in [9.17, 15) is 29.4 Å². The van der Waals surface area contributed by atoms with Crippen LogP contribution in [0.3, 0.4) is 0 Å². The van der Waals surface area contributed by atoms with E-state index in [-0.39, 0.29) is 50.6 Å². The molecule has 0 aliphatic heterocycles. The highest BCUT2D eigenvalue weighted by atomic mass is 16.3. The van der Waals surface area contributed by atoms with Crippen molar-refractivity contribution in [3.63, 3.8) is 0 Å². The molecule has 0 saturated heterocycles. The Bertz CT molecular complexity index is 673. The fourth-order valence-corrected chi connectivity index (χ4v) is 2.92. The third-order valence-electron chi connectivity index (χ3n) is 4.61. The number of carbonyl (C=O) groups is 4. The van der Waals surface area contributed by atoms with Crippen LogP contribution in [-0.4, -0.2) is 97.4 Å². The number of hydrogen-bond donors (Lipinski definition) is 10. The lowest BCUT2D eigenvalue weighted by Crippen LogP contribution is -2.39. The zero-order valence-electron chi connectivity index (χ0n) is 20.5. The van der Waals surface area contributed by atoms with Crippen molar-refractivity contribution >= 4 is 23.6 Å². The van der Waals surface area contributed by atoms with Crippen molar-refractivity contribution in [3.8, 4) is 0 Å². The lowest BCUT2D eigenvalue weighted by atomic mass is 10.1. The van der Waals surface area contributed by atoms with E-state index in [1.165, 1.54) is 24.3 Å². The molecule has 0 saturated carbocycles. The first-order valence-corrected chi connectivity index (χ1v) is 11.8. The zero-order chi connectivity index (χ0) is 27.3. The number of aliphatic hydroxyl groups is 2. The second-order valence-electron chi connectivity index (χ2n) is 8.19. The molecule has 14 N–H and O–H groups in total. The maximum atomic E-state index is 11.8. The van der Waals surface area contributed by atoms with E-state index in [0.717, 1.165) is 0 Å². The van der Waals surface area contributed by atoms with Gasteiger partial charge in [-0.2, -0.15) is 0 Å². The quantitative estimate of drug-likeness (QED) is 0.0582. The van der Waals surface area contributed by atoms with Gasteiger partial charge in [0.2, 0.25) is 23.6 Å². The molecular formula is C22H42N8O6. The van der Waals surface area contributed by atoms with E-state index in [1.54, 1.807) is 0 Å². The third kappa shape index (κ3) is 19.4. The minimum absolute atomic E-state index is 0.0357. The number of aliphatic hydroxyl groups excluding tert-OH is 2. The Kier molecular flexibility index (Phi) is 18.7. The van der Waals surface area contributed by atoms with Gasteiger partial charge in [-0.25, -0.2) is 0 Å². The molecule has 0 radical (unpaired) electrons. The van der Waals surface area contributed by atoms with Crippen LogP contribution in [-0.2, 0) is 19.2 Å². The first kappa shape index (κ1) is 33.1. The Morgan fingerprint density at radius 2 is 1.03 bits per heavy atom. The molecule has 0 spiro atoms. The van der Waals surface area contributed by atoms with Gasteiger partial charge >= 0.3 is 0 Å². The summed E-state index contributed by atoms with van der Waals surface area (Å²) in [4.78, 5) is 46.7. The van der Waals surface area contributed by atoms with Gasteiger partial charge in [0.15, 0.2) is 0 Å². The summed E-state index contributed by atoms with van der Waals surface area (Å²) < 4.78 is 0. The summed E-state index contributed by atoms with van der Waals surface area (Å²) in [6.07, 6.45) is 3.46. The number of allylic oxidation sites excluding steroid dienone is 2. The summed E-state index contributed by atoms with van der Waals surface area (Å²) in [5.41, 5.74) is 22.2. The van der Waals surface area contributed by atoms with Gasteiger partial charge in [0.1, 0.15) is 0 Å². The molecule has 0 aromatic rings. The van der Waals surface area contributed by atoms with Crippen molar-refractivity contribution in [2.24, 2.45) is 22.9 Å². The van der Waals surface area contributed by atoms with Crippen molar-refractivity contribution < 1.29 is 29.4 Å². The van der Waals surface area contributed by atoms with E-state index >= 15 is 0 Å². The molecule has 14 nitrogen and oxygen atoms in total. The predicted octanol–water partition coefficient (Wildman–Crippen LogP) is -4.58. The van der Waals surface area contributed by atoms with Crippen molar-refractivity contribution in [2.45, 2.75) is 50.0 Å². The number of carbonyl (C=O) groups excluding carboxylic acids is 4. The first-order chi connectivity index (χ1) is 17.1. The van der Waals surface area contributed by atoms with Gasteiger partial charge in [0.25, 0.3) is 0 Å². The summed E-state index contributed by atoms with van der Waals surface area (Å²) in [5, 5.41) is 30.0. The van der Waals surface area contributed by atoms with Crippen LogP contribution in [0.4, 0.5) is 0 Å². The summed E-state index contributed by atoms with van der Waals surface area (Å²) in [7, 11) is 0. The van der Waals surface area contributed by atoms with Crippen LogP contribution in [0.5, 0.6) is 0 Å². The summed E-state index contributed by atoms with van der Waals surface area (Å²) in [6, 6.07) is -1.14. The van der Waals surface area contributed by atoms with Gasteiger partial charge in [-0.1, -0.05) is 12.2 Å². The topological polar surface area (TPSA) is 261 Å². The standard InChI is InChI=1S/C22H42N8O6/c23-5-7-27-21(35)11-15(25)9-17(31)13-29-19(33)3-1-2-4-20(34)30-14-18(32)10-16(26)12-22(36)28-8-6-24/h1-4,15-18,31-32H,5-14,23-26H2,(H,27,35)(H,28,36)(H,29,33)(H,30,34)/b3-1+,4-2+/t15-,16-,17-,18-/m1/s1. The molecule has 0 aromatic carbocycles. The summed E-state index contributed by atoms with van der Waals surface area (Å²) >= 11 is 0. The van der Waals surface area contributed by atoms with E-state index in [0.29, 0.717) is 26.2 Å². The molecule has 0 rings (SSSR count). The lowest BCUT2D eigenvalue weighted by Gasteiger charge is -2.16. The van der Waals surface area contributed by atoms with Crippen LogP contribution < -0.4 is 44.2 Å². The highest BCUT2D eigenvalue weighted by Crippen LogP contribution is 2.01. The van der Waals surface area contributed by atoms with Gasteiger partial charge in [0.05, 0.1) is 12.2 Å². The molecule has 206 valence electrons. The number of rotatable bonds is 19. The molecule has 0 aromatic heterocycles. The molecule has 0 aliphatic rings. The van der Waals surface area contributed by atoms with Gasteiger partial charge in [0, 0.05) is 76.3 Å². The SMILES string of the molecule is NCCNC(=O)C[C@H](N)C[C@@H](O)CNC(=O)/C=C/C=C/C(=O)NC[C@H](O)C[C@@H](N)CC(=O)NCCN. The maximum absolute atomic E-state index is 11.8. The summed E-state index contributed by atoms with van der Waals surface area (Å²) in [6.45, 7) is 1.22. The molecule has 4 atom stereocenters. The van der Waals surface area contributed by atoms with Crippen LogP contribution in [0.2, 0.25) is 0 Å². The Morgan fingerprint density at radius 3 is 1.36 bits per heavy atom. The van der Waals surface area contributed by atoms with Crippen LogP contribution in [0.1, 0.15) is 25.7 Å². The number of nitrogens with two attached hydrogens (primary N) is 4. The Labute approximate surface area is 211 Å². The first-order valence-electron chi connectivity index (χ1n) is 11.8. The minimum Gasteiger partial charge on any atom is -0.391 e.